The number of cyclic esters (lactones) is 4. The molecule has 364 valence electrons. The number of benzene rings is 4. The van der Waals surface area contributed by atoms with Crippen LogP contribution in [0.4, 0.5) is 0 Å². The van der Waals surface area contributed by atoms with E-state index < -0.39 is 35.4 Å². The van der Waals surface area contributed by atoms with Crippen LogP contribution in [0.25, 0.3) is 0 Å². The van der Waals surface area contributed by atoms with Gasteiger partial charge in [-0.2, -0.15) is 0 Å². The molecule has 0 radical (unpaired) electrons. The summed E-state index contributed by atoms with van der Waals surface area (Å²) >= 11 is 0. The zero-order valence-corrected chi connectivity index (χ0v) is 41.3. The summed E-state index contributed by atoms with van der Waals surface area (Å²) in [6.45, 7) is 17.6. The van der Waals surface area contributed by atoms with Gasteiger partial charge in [-0.25, -0.2) is 24.1 Å². The fourth-order valence-electron chi connectivity index (χ4n) is 16.0. The number of rotatable bonds is 14. The first kappa shape index (κ1) is 47.4. The van der Waals surface area contributed by atoms with Crippen molar-refractivity contribution >= 4 is 23.9 Å². The Kier molecular flexibility index (Phi) is 12.2. The lowest BCUT2D eigenvalue weighted by molar-refractivity contribution is -0.270. The van der Waals surface area contributed by atoms with Crippen LogP contribution in [0.15, 0.2) is 84.9 Å². The molecule has 4 saturated carbocycles. The average Bonchev–Trinajstić information content (AvgIpc) is 3.94. The maximum absolute atomic E-state index is 12.5. The van der Waals surface area contributed by atoms with E-state index in [0.29, 0.717) is 39.9 Å². The van der Waals surface area contributed by atoms with Gasteiger partial charge in [0.25, 0.3) is 0 Å². The number of hydrogen-bond acceptors (Lipinski definition) is 10. The van der Waals surface area contributed by atoms with E-state index in [1.807, 2.05) is 24.3 Å². The van der Waals surface area contributed by atoms with Crippen molar-refractivity contribution in [3.63, 3.8) is 0 Å². The zero-order chi connectivity index (χ0) is 48.6. The minimum atomic E-state index is -0.899. The molecule has 10 rings (SSSR count). The molecule has 4 fully saturated rings. The molecule has 10 nitrogen and oxygen atoms in total. The molecule has 4 aliphatic carbocycles. The Bertz CT molecular complexity index is 2650. The van der Waals surface area contributed by atoms with E-state index in [1.165, 1.54) is 81.0 Å². The molecule has 10 atom stereocenters. The first-order valence-corrected chi connectivity index (χ1v) is 25.6. The normalized spacial score (nSPS) is 30.7. The fourth-order valence-corrected chi connectivity index (χ4v) is 16.0. The van der Waals surface area contributed by atoms with Gasteiger partial charge in [-0.3, -0.25) is 5.26 Å². The van der Waals surface area contributed by atoms with Gasteiger partial charge in [0.15, 0.2) is 0 Å². The lowest BCUT2D eigenvalue weighted by atomic mass is 9.36. The highest BCUT2D eigenvalue weighted by atomic mass is 17.1. The molecule has 2 heterocycles. The van der Waals surface area contributed by atoms with Gasteiger partial charge in [0, 0.05) is 5.41 Å². The zero-order valence-electron chi connectivity index (χ0n) is 41.3. The third kappa shape index (κ3) is 7.74. The van der Waals surface area contributed by atoms with E-state index in [1.54, 1.807) is 24.3 Å². The number of fused-ring (bicyclic) bond motifs is 7. The van der Waals surface area contributed by atoms with Crippen molar-refractivity contribution in [3.05, 3.63) is 129 Å². The molecule has 69 heavy (non-hydrogen) atoms. The van der Waals surface area contributed by atoms with Crippen LogP contribution < -0.4 is 9.47 Å². The van der Waals surface area contributed by atoms with Crippen LogP contribution >= 0.6 is 0 Å². The molecule has 0 bridgehead atoms. The Morgan fingerprint density at radius 3 is 1.84 bits per heavy atom. The third-order valence-corrected chi connectivity index (χ3v) is 19.3. The van der Waals surface area contributed by atoms with E-state index in [4.69, 9.17) is 23.8 Å². The highest BCUT2D eigenvalue weighted by Gasteiger charge is 2.66. The Balaban J connectivity index is 0.940. The van der Waals surface area contributed by atoms with Gasteiger partial charge < -0.3 is 18.9 Å². The second-order valence-corrected chi connectivity index (χ2v) is 23.1. The molecular formula is C59H68O10. The van der Waals surface area contributed by atoms with Crippen molar-refractivity contribution in [2.45, 2.75) is 131 Å². The summed E-state index contributed by atoms with van der Waals surface area (Å²) in [6.07, 6.45) is 13.1. The molecule has 4 aromatic carbocycles. The van der Waals surface area contributed by atoms with Crippen molar-refractivity contribution in [2.24, 2.45) is 57.7 Å². The van der Waals surface area contributed by atoms with E-state index in [-0.39, 0.29) is 39.9 Å². The van der Waals surface area contributed by atoms with E-state index in [0.717, 1.165) is 42.4 Å². The molecule has 0 aromatic heterocycles. The van der Waals surface area contributed by atoms with Gasteiger partial charge in [-0.1, -0.05) is 110 Å². The molecule has 4 aromatic rings. The second kappa shape index (κ2) is 17.8. The van der Waals surface area contributed by atoms with Gasteiger partial charge in [-0.15, -0.1) is 0 Å². The minimum absolute atomic E-state index is 0.101. The Morgan fingerprint density at radius 1 is 0.594 bits per heavy atom. The maximum atomic E-state index is 12.5. The van der Waals surface area contributed by atoms with Crippen molar-refractivity contribution < 1.29 is 48.3 Å². The summed E-state index contributed by atoms with van der Waals surface area (Å²) in [5.41, 5.74) is 4.43. The predicted octanol–water partition coefficient (Wildman–Crippen LogP) is 13.3. The first-order chi connectivity index (χ1) is 33.0. The number of esters is 4. The maximum Gasteiger partial charge on any atom is 0.347 e. The molecule has 6 aliphatic rings. The summed E-state index contributed by atoms with van der Waals surface area (Å²) in [6, 6.07) is 26.3. The van der Waals surface area contributed by atoms with E-state index in [2.05, 4.69) is 72.7 Å². The summed E-state index contributed by atoms with van der Waals surface area (Å²) in [4.78, 5) is 53.9. The van der Waals surface area contributed by atoms with Crippen molar-refractivity contribution in [1.82, 2.24) is 0 Å². The number of carbonyl (C=O) groups is 4. The molecule has 0 spiro atoms. The molecule has 10 heteroatoms. The molecular weight excluding hydrogens is 869 g/mol. The average molecular weight is 937 g/mol. The molecule has 0 saturated heterocycles. The van der Waals surface area contributed by atoms with Gasteiger partial charge in [0.1, 0.15) is 17.6 Å². The summed E-state index contributed by atoms with van der Waals surface area (Å²) < 4.78 is 21.5. The van der Waals surface area contributed by atoms with Crippen LogP contribution in [0.5, 0.6) is 11.5 Å². The highest BCUT2D eigenvalue weighted by molar-refractivity contribution is 6.15. The molecule has 2 aliphatic heterocycles. The number of carbonyl (C=O) groups excluding carboxylic acids is 4. The monoisotopic (exact) mass is 936 g/mol. The van der Waals surface area contributed by atoms with Crippen molar-refractivity contribution in [3.8, 4) is 11.5 Å². The Hall–Kier alpha value is -5.32. The van der Waals surface area contributed by atoms with Crippen LogP contribution in [0.1, 0.15) is 189 Å². The van der Waals surface area contributed by atoms with E-state index in [9.17, 15) is 24.4 Å². The lowest BCUT2D eigenvalue weighted by Crippen LogP contribution is -2.62. The summed E-state index contributed by atoms with van der Waals surface area (Å²) in [5.74, 6) is 3.39. The van der Waals surface area contributed by atoms with Crippen LogP contribution in [-0.2, 0) is 19.8 Å². The Morgan fingerprint density at radius 2 is 1.17 bits per heavy atom. The molecule has 10 unspecified atom stereocenters. The van der Waals surface area contributed by atoms with Gasteiger partial charge >= 0.3 is 23.9 Å². The van der Waals surface area contributed by atoms with Gasteiger partial charge in [0.2, 0.25) is 6.79 Å². The molecule has 1 N–H and O–H groups in total. The summed E-state index contributed by atoms with van der Waals surface area (Å²) in [5, 5.41) is 10.3. The van der Waals surface area contributed by atoms with Crippen molar-refractivity contribution in [1.29, 1.82) is 0 Å². The number of ether oxygens (including phenoxy) is 4. The lowest BCUT2D eigenvalue weighted by Gasteiger charge is -2.68. The number of hydrogen-bond donors (Lipinski definition) is 1. The van der Waals surface area contributed by atoms with E-state index >= 15 is 0 Å². The smallest absolute Gasteiger partial charge is 0.347 e. The SMILES string of the molecule is CC(C)CCCC(C)C1CCC2C3CCC4C(C)(CCC(c5ccc(OCOc6ccc7c(c6)C(=O)OC7=O)cc5)(c5ccc(C(OO)c6ccc7c(c6)C(=O)OC7=O)cc5)C4(C)C)C3CCC12C. The molecule has 0 amide bonds. The van der Waals surface area contributed by atoms with Crippen LogP contribution in [0.3, 0.4) is 0 Å². The van der Waals surface area contributed by atoms with Crippen LogP contribution in [-0.4, -0.2) is 35.9 Å². The first-order valence-electron chi connectivity index (χ1n) is 25.6. The minimum Gasteiger partial charge on any atom is -0.458 e. The van der Waals surface area contributed by atoms with Gasteiger partial charge in [0.05, 0.1) is 22.3 Å². The van der Waals surface area contributed by atoms with Gasteiger partial charge in [-0.05, 0) is 174 Å². The predicted molar refractivity (Wildman–Crippen MR) is 260 cm³/mol. The second-order valence-electron chi connectivity index (χ2n) is 23.1. The largest absolute Gasteiger partial charge is 0.458 e. The fraction of sp³-hybridized carbons (Fsp3) is 0.525. The highest BCUT2D eigenvalue weighted by Crippen LogP contribution is 2.73. The standard InChI is InChI=1S/C59H68O10/c1-34(2)9-8-10-35(3)47-24-25-48-44-23-26-50-56(4,5)59(30-29-58(50,7)49(44)27-28-57(47,48)6,38-14-11-36(12-15-38)51(69-64)37-13-21-42-45(31-37)54(62)67-52(42)60)39-16-18-40(19-17-39)65-33-66-41-20-22-43-46(32-41)55(63)68-53(43)61/h11-22,31-32,34-35,44,47-51,64H,8-10,23-30,33H2,1-7H3. The third-order valence-electron chi connectivity index (χ3n) is 19.3. The van der Waals surface area contributed by atoms with Crippen molar-refractivity contribution in [2.75, 3.05) is 6.79 Å². The Labute approximate surface area is 406 Å². The summed E-state index contributed by atoms with van der Waals surface area (Å²) in [7, 11) is 0. The van der Waals surface area contributed by atoms with Crippen LogP contribution in [0, 0.1) is 57.7 Å². The topological polar surface area (TPSA) is 135 Å². The van der Waals surface area contributed by atoms with Crippen LogP contribution in [0.2, 0.25) is 0 Å². The quantitative estimate of drug-likeness (QED) is 0.0428.